The van der Waals surface area contributed by atoms with Gasteiger partial charge in [0.15, 0.2) is 0 Å². The van der Waals surface area contributed by atoms with E-state index in [0.29, 0.717) is 36.8 Å². The van der Waals surface area contributed by atoms with E-state index in [2.05, 4.69) is 10.3 Å². The monoisotopic (exact) mass is 338 g/mol. The second-order valence-corrected chi connectivity index (χ2v) is 6.55. The number of nitrogens with zero attached hydrogens (tertiary/aromatic N) is 3. The highest BCUT2D eigenvalue weighted by molar-refractivity contribution is 5.94. The topological polar surface area (TPSA) is 91.4 Å². The van der Waals surface area contributed by atoms with E-state index in [1.807, 2.05) is 17.0 Å². The zero-order valence-corrected chi connectivity index (χ0v) is 13.6. The van der Waals surface area contributed by atoms with Crippen LogP contribution in [0.15, 0.2) is 41.2 Å². The molecule has 1 amide bonds. The number of carbonyl (C=O) groups excluding carboxylic acids is 1. The van der Waals surface area contributed by atoms with Crippen molar-refractivity contribution in [2.75, 3.05) is 25.0 Å². The van der Waals surface area contributed by atoms with E-state index in [0.717, 1.165) is 12.8 Å². The summed E-state index contributed by atoms with van der Waals surface area (Å²) in [6.07, 6.45) is 4.61. The van der Waals surface area contributed by atoms with Crippen LogP contribution < -0.4 is 5.32 Å². The van der Waals surface area contributed by atoms with Gasteiger partial charge < -0.3 is 19.4 Å². The van der Waals surface area contributed by atoms with Crippen LogP contribution in [0.2, 0.25) is 0 Å². The molecule has 2 unspecified atom stereocenters. The molecular weight excluding hydrogens is 320 g/mol. The SMILES string of the molecule is N#Cc1cccc(NC2COC3(CCN(C(=O)c4ccoc4)C3)C2)n1. The second-order valence-electron chi connectivity index (χ2n) is 6.55. The van der Waals surface area contributed by atoms with Crippen LogP contribution in [0, 0.1) is 11.3 Å². The molecule has 0 aromatic carbocycles. The van der Waals surface area contributed by atoms with E-state index < -0.39 is 0 Å². The van der Waals surface area contributed by atoms with Crippen LogP contribution in [-0.4, -0.2) is 47.1 Å². The number of nitrogens with one attached hydrogen (secondary N) is 1. The maximum absolute atomic E-state index is 12.4. The number of amides is 1. The maximum atomic E-state index is 12.4. The van der Waals surface area contributed by atoms with E-state index >= 15 is 0 Å². The Labute approximate surface area is 145 Å². The summed E-state index contributed by atoms with van der Waals surface area (Å²) in [4.78, 5) is 18.5. The molecule has 0 saturated carbocycles. The second kappa shape index (κ2) is 6.22. The Morgan fingerprint density at radius 2 is 2.36 bits per heavy atom. The van der Waals surface area contributed by atoms with Crippen molar-refractivity contribution >= 4 is 11.7 Å². The molecule has 1 N–H and O–H groups in total. The number of furan rings is 1. The van der Waals surface area contributed by atoms with Crippen LogP contribution >= 0.6 is 0 Å². The fraction of sp³-hybridized carbons (Fsp3) is 0.389. The Morgan fingerprint density at radius 1 is 1.44 bits per heavy atom. The third-order valence-electron chi connectivity index (χ3n) is 4.80. The molecule has 0 bridgehead atoms. The largest absolute Gasteiger partial charge is 0.472 e. The normalized spacial score (nSPS) is 25.2. The molecule has 25 heavy (non-hydrogen) atoms. The number of hydrogen-bond acceptors (Lipinski definition) is 6. The molecule has 4 heterocycles. The van der Waals surface area contributed by atoms with Crippen molar-refractivity contribution in [2.24, 2.45) is 0 Å². The summed E-state index contributed by atoms with van der Waals surface area (Å²) in [5.74, 6) is 0.656. The van der Waals surface area contributed by atoms with Crippen molar-refractivity contribution in [3.8, 4) is 6.07 Å². The lowest BCUT2D eigenvalue weighted by atomic mass is 9.97. The third-order valence-corrected chi connectivity index (χ3v) is 4.80. The van der Waals surface area contributed by atoms with Crippen LogP contribution in [0.25, 0.3) is 0 Å². The van der Waals surface area contributed by atoms with E-state index in [4.69, 9.17) is 14.4 Å². The molecule has 7 nitrogen and oxygen atoms in total. The quantitative estimate of drug-likeness (QED) is 0.921. The van der Waals surface area contributed by atoms with Crippen molar-refractivity contribution < 1.29 is 13.9 Å². The first kappa shape index (κ1) is 15.7. The summed E-state index contributed by atoms with van der Waals surface area (Å²) in [5.41, 5.74) is 0.655. The number of pyridine rings is 1. The van der Waals surface area contributed by atoms with Crippen LogP contribution in [-0.2, 0) is 4.74 Å². The smallest absolute Gasteiger partial charge is 0.257 e. The Morgan fingerprint density at radius 3 is 3.16 bits per heavy atom. The lowest BCUT2D eigenvalue weighted by Crippen LogP contribution is -2.36. The number of anilines is 1. The lowest BCUT2D eigenvalue weighted by molar-refractivity contribution is 0.0125. The van der Waals surface area contributed by atoms with Gasteiger partial charge >= 0.3 is 0 Å². The van der Waals surface area contributed by atoms with Crippen LogP contribution in [0.4, 0.5) is 5.82 Å². The van der Waals surface area contributed by atoms with Gasteiger partial charge in [-0.1, -0.05) is 6.07 Å². The highest BCUT2D eigenvalue weighted by Crippen LogP contribution is 2.36. The summed E-state index contributed by atoms with van der Waals surface area (Å²) < 4.78 is 11.1. The average molecular weight is 338 g/mol. The molecule has 1 spiro atoms. The number of rotatable bonds is 3. The minimum absolute atomic E-state index is 0.0194. The van der Waals surface area contributed by atoms with Gasteiger partial charge in [-0.15, -0.1) is 0 Å². The van der Waals surface area contributed by atoms with Gasteiger partial charge in [-0.25, -0.2) is 4.98 Å². The average Bonchev–Trinajstić information content (AvgIpc) is 3.37. The van der Waals surface area contributed by atoms with Gasteiger partial charge in [-0.2, -0.15) is 5.26 Å². The Hall–Kier alpha value is -2.85. The highest BCUT2D eigenvalue weighted by atomic mass is 16.5. The van der Waals surface area contributed by atoms with Crippen LogP contribution in [0.1, 0.15) is 28.9 Å². The number of hydrogen-bond donors (Lipinski definition) is 1. The summed E-state index contributed by atoms with van der Waals surface area (Å²) in [6, 6.07) is 9.16. The minimum atomic E-state index is -0.302. The molecule has 7 heteroatoms. The fourth-order valence-electron chi connectivity index (χ4n) is 3.59. The molecule has 2 aromatic heterocycles. The minimum Gasteiger partial charge on any atom is -0.472 e. The highest BCUT2D eigenvalue weighted by Gasteiger charge is 2.47. The van der Waals surface area contributed by atoms with Gasteiger partial charge in [0.05, 0.1) is 36.6 Å². The number of aromatic nitrogens is 1. The molecule has 4 rings (SSSR count). The molecule has 2 aromatic rings. The fourth-order valence-corrected chi connectivity index (χ4v) is 3.59. The Balaban J connectivity index is 1.39. The lowest BCUT2D eigenvalue weighted by Gasteiger charge is -2.23. The number of likely N-dealkylation sites (tertiary alicyclic amines) is 1. The van der Waals surface area contributed by atoms with E-state index in [1.54, 1.807) is 18.2 Å². The molecule has 2 aliphatic heterocycles. The molecule has 128 valence electrons. The van der Waals surface area contributed by atoms with Gasteiger partial charge in [-0.05, 0) is 24.6 Å². The summed E-state index contributed by atoms with van der Waals surface area (Å²) >= 11 is 0. The van der Waals surface area contributed by atoms with Crippen molar-refractivity contribution in [1.82, 2.24) is 9.88 Å². The van der Waals surface area contributed by atoms with Crippen LogP contribution in [0.5, 0.6) is 0 Å². The molecular formula is C18H18N4O3. The van der Waals surface area contributed by atoms with Crippen molar-refractivity contribution in [1.29, 1.82) is 5.26 Å². The zero-order valence-electron chi connectivity index (χ0n) is 13.6. The van der Waals surface area contributed by atoms with Crippen molar-refractivity contribution in [2.45, 2.75) is 24.5 Å². The standard InChI is InChI=1S/C18H18N4O3/c19-9-14-2-1-3-16(20-14)21-15-8-18(25-11-15)5-6-22(12-18)17(23)13-4-7-24-10-13/h1-4,7,10,15H,5-6,8,11-12H2,(H,20,21). The predicted octanol–water partition coefficient (Wildman–Crippen LogP) is 2.03. The van der Waals surface area contributed by atoms with E-state index in [1.165, 1.54) is 12.5 Å². The molecule has 2 saturated heterocycles. The van der Waals surface area contributed by atoms with Gasteiger partial charge in [0, 0.05) is 13.0 Å². The van der Waals surface area contributed by atoms with E-state index in [-0.39, 0.29) is 17.6 Å². The first-order chi connectivity index (χ1) is 12.2. The number of ether oxygens (including phenoxy) is 1. The number of carbonyl (C=O) groups is 1. The van der Waals surface area contributed by atoms with Gasteiger partial charge in [0.25, 0.3) is 5.91 Å². The van der Waals surface area contributed by atoms with Gasteiger partial charge in [0.2, 0.25) is 0 Å². The predicted molar refractivity (Wildman–Crippen MR) is 88.9 cm³/mol. The number of nitriles is 1. The third kappa shape index (κ3) is 3.08. The summed E-state index contributed by atoms with van der Waals surface area (Å²) in [6.45, 7) is 1.83. The van der Waals surface area contributed by atoms with Crippen LogP contribution in [0.3, 0.4) is 0 Å². The van der Waals surface area contributed by atoms with Crippen molar-refractivity contribution in [3.05, 3.63) is 48.0 Å². The molecule has 2 aliphatic rings. The summed E-state index contributed by atoms with van der Waals surface area (Å²) in [7, 11) is 0. The van der Waals surface area contributed by atoms with Gasteiger partial charge in [0.1, 0.15) is 23.8 Å². The van der Waals surface area contributed by atoms with E-state index in [9.17, 15) is 4.79 Å². The van der Waals surface area contributed by atoms with Crippen molar-refractivity contribution in [3.63, 3.8) is 0 Å². The maximum Gasteiger partial charge on any atom is 0.257 e. The zero-order chi connectivity index (χ0) is 17.3. The first-order valence-corrected chi connectivity index (χ1v) is 8.27. The molecule has 2 atom stereocenters. The molecule has 2 fully saturated rings. The Kier molecular flexibility index (Phi) is 3.90. The Bertz CT molecular complexity index is 814. The first-order valence-electron chi connectivity index (χ1n) is 8.27. The van der Waals surface area contributed by atoms with Gasteiger partial charge in [-0.3, -0.25) is 4.79 Å². The molecule has 0 radical (unpaired) electrons. The summed E-state index contributed by atoms with van der Waals surface area (Å²) in [5, 5.41) is 12.3. The molecule has 0 aliphatic carbocycles.